The summed E-state index contributed by atoms with van der Waals surface area (Å²) in [5.74, 6) is 0.802. The maximum absolute atomic E-state index is 10.6. The number of hydrogen-bond donors (Lipinski definition) is 2. The van der Waals surface area contributed by atoms with Crippen molar-refractivity contribution in [1.29, 1.82) is 0 Å². The van der Waals surface area contributed by atoms with E-state index in [-0.39, 0.29) is 5.75 Å². The summed E-state index contributed by atoms with van der Waals surface area (Å²) in [5, 5.41) is 7.85. The van der Waals surface area contributed by atoms with Gasteiger partial charge in [-0.1, -0.05) is 0 Å². The lowest BCUT2D eigenvalue weighted by Gasteiger charge is -2.04. The third-order valence-corrected chi connectivity index (χ3v) is 3.03. The van der Waals surface area contributed by atoms with Gasteiger partial charge in [0.05, 0.1) is 5.75 Å². The van der Waals surface area contributed by atoms with Gasteiger partial charge in [-0.25, -0.2) is 13.6 Å². The van der Waals surface area contributed by atoms with Crippen molar-refractivity contribution in [2.45, 2.75) is 19.3 Å². The Bertz CT molecular complexity index is 263. The monoisotopic (exact) mass is 236 g/mol. The lowest BCUT2D eigenvalue weighted by molar-refractivity contribution is 0.122. The van der Waals surface area contributed by atoms with Crippen LogP contribution in [0.15, 0.2) is 0 Å². The second-order valence-electron chi connectivity index (χ2n) is 3.99. The van der Waals surface area contributed by atoms with Gasteiger partial charge in [-0.3, -0.25) is 0 Å². The molecule has 0 aromatic rings. The van der Waals surface area contributed by atoms with Crippen molar-refractivity contribution in [2.24, 2.45) is 11.1 Å². The Balaban J connectivity index is 1.76. The quantitative estimate of drug-likeness (QED) is 0.538. The fraction of sp³-hybridized carbons (Fsp3) is 1.00. The summed E-state index contributed by atoms with van der Waals surface area (Å²) < 4.78 is 26.5. The van der Waals surface area contributed by atoms with E-state index in [4.69, 9.17) is 9.88 Å². The molecule has 1 aliphatic carbocycles. The Morgan fingerprint density at radius 2 is 2.07 bits per heavy atom. The number of hydrogen-bond acceptors (Lipinski definition) is 4. The predicted molar refractivity (Wildman–Crippen MR) is 59.0 cm³/mol. The molecule has 5 nitrogen and oxygen atoms in total. The molecule has 1 rings (SSSR count). The molecule has 1 saturated carbocycles. The minimum Gasteiger partial charge on any atom is -0.381 e. The van der Waals surface area contributed by atoms with Crippen LogP contribution in [0, 0.1) is 5.92 Å². The van der Waals surface area contributed by atoms with Crippen molar-refractivity contribution < 1.29 is 13.2 Å². The average molecular weight is 236 g/mol. The Kier molecular flexibility index (Phi) is 5.52. The molecule has 0 aromatic carbocycles. The van der Waals surface area contributed by atoms with Gasteiger partial charge in [-0.15, -0.1) is 0 Å². The Morgan fingerprint density at radius 1 is 1.33 bits per heavy atom. The second kappa shape index (κ2) is 6.42. The molecule has 0 unspecified atom stereocenters. The Labute approximate surface area is 91.4 Å². The van der Waals surface area contributed by atoms with Crippen LogP contribution in [-0.4, -0.2) is 40.5 Å². The van der Waals surface area contributed by atoms with Crippen molar-refractivity contribution in [3.63, 3.8) is 0 Å². The number of nitrogens with one attached hydrogen (secondary N) is 1. The summed E-state index contributed by atoms with van der Waals surface area (Å²) in [6, 6.07) is 0. The lowest BCUT2D eigenvalue weighted by atomic mass is 10.4. The molecule has 0 bridgehead atoms. The van der Waals surface area contributed by atoms with Gasteiger partial charge in [0.2, 0.25) is 10.0 Å². The first-order valence-corrected chi connectivity index (χ1v) is 7.08. The topological polar surface area (TPSA) is 81.4 Å². The molecule has 90 valence electrons. The van der Waals surface area contributed by atoms with Crippen LogP contribution in [-0.2, 0) is 14.8 Å². The first-order valence-electron chi connectivity index (χ1n) is 5.37. The van der Waals surface area contributed by atoms with Crippen LogP contribution in [0.3, 0.4) is 0 Å². The first kappa shape index (κ1) is 12.9. The predicted octanol–water partition coefficient (Wildman–Crippen LogP) is -0.319. The molecule has 1 aliphatic rings. The van der Waals surface area contributed by atoms with Crippen molar-refractivity contribution in [3.8, 4) is 0 Å². The van der Waals surface area contributed by atoms with Gasteiger partial charge in [0.15, 0.2) is 0 Å². The molecule has 3 N–H and O–H groups in total. The van der Waals surface area contributed by atoms with Gasteiger partial charge in [0.25, 0.3) is 0 Å². The Hall–Kier alpha value is -0.170. The summed E-state index contributed by atoms with van der Waals surface area (Å²) in [4.78, 5) is 0. The first-order chi connectivity index (χ1) is 7.08. The molecule has 0 saturated heterocycles. The molecular formula is C9H20N2O3S. The van der Waals surface area contributed by atoms with Crippen molar-refractivity contribution in [1.82, 2.24) is 5.32 Å². The molecule has 0 aliphatic heterocycles. The van der Waals surface area contributed by atoms with E-state index in [1.807, 2.05) is 0 Å². The third-order valence-electron chi connectivity index (χ3n) is 2.26. The van der Waals surface area contributed by atoms with Gasteiger partial charge < -0.3 is 10.1 Å². The van der Waals surface area contributed by atoms with E-state index in [0.717, 1.165) is 32.1 Å². The number of ether oxygens (including phenoxy) is 1. The molecule has 0 amide bonds. The van der Waals surface area contributed by atoms with E-state index >= 15 is 0 Å². The minimum atomic E-state index is -3.32. The van der Waals surface area contributed by atoms with Crippen molar-refractivity contribution in [3.05, 3.63) is 0 Å². The van der Waals surface area contributed by atoms with Crippen LogP contribution < -0.4 is 10.5 Å². The summed E-state index contributed by atoms with van der Waals surface area (Å²) >= 11 is 0. The van der Waals surface area contributed by atoms with Gasteiger partial charge >= 0.3 is 0 Å². The summed E-state index contributed by atoms with van der Waals surface area (Å²) in [6.45, 7) is 2.83. The van der Waals surface area contributed by atoms with Gasteiger partial charge in [-0.05, 0) is 31.7 Å². The SMILES string of the molecule is NS(=O)(=O)CCNCCCOCC1CC1. The smallest absolute Gasteiger partial charge is 0.210 e. The maximum Gasteiger partial charge on any atom is 0.210 e. The molecule has 0 radical (unpaired) electrons. The Morgan fingerprint density at radius 3 is 2.67 bits per heavy atom. The standard InChI is InChI=1S/C9H20N2O3S/c10-15(12,13)7-5-11-4-1-6-14-8-9-2-3-9/h9,11H,1-8H2,(H2,10,12,13). The zero-order valence-corrected chi connectivity index (χ0v) is 9.76. The van der Waals surface area contributed by atoms with Gasteiger partial charge in [-0.2, -0.15) is 0 Å². The van der Waals surface area contributed by atoms with E-state index in [9.17, 15) is 8.42 Å². The van der Waals surface area contributed by atoms with E-state index in [1.54, 1.807) is 0 Å². The van der Waals surface area contributed by atoms with Gasteiger partial charge in [0.1, 0.15) is 0 Å². The number of primary sulfonamides is 1. The lowest BCUT2D eigenvalue weighted by Crippen LogP contribution is -2.28. The summed E-state index contributed by atoms with van der Waals surface area (Å²) in [6.07, 6.45) is 3.54. The maximum atomic E-state index is 10.6. The molecule has 0 heterocycles. The molecule has 0 spiro atoms. The van der Waals surface area contributed by atoms with E-state index in [2.05, 4.69) is 5.32 Å². The van der Waals surface area contributed by atoms with Crippen LogP contribution in [0.25, 0.3) is 0 Å². The third kappa shape index (κ3) is 8.80. The highest BCUT2D eigenvalue weighted by atomic mass is 32.2. The summed E-state index contributed by atoms with van der Waals surface area (Å²) in [5.41, 5.74) is 0. The van der Waals surface area contributed by atoms with Crippen LogP contribution in [0.2, 0.25) is 0 Å². The van der Waals surface area contributed by atoms with E-state index in [1.165, 1.54) is 12.8 Å². The molecular weight excluding hydrogens is 216 g/mol. The zero-order chi connectivity index (χ0) is 11.1. The normalized spacial score (nSPS) is 16.9. The molecule has 6 heteroatoms. The van der Waals surface area contributed by atoms with Crippen LogP contribution in [0.1, 0.15) is 19.3 Å². The number of nitrogens with two attached hydrogens (primary N) is 1. The van der Waals surface area contributed by atoms with Crippen LogP contribution in [0.4, 0.5) is 0 Å². The van der Waals surface area contributed by atoms with E-state index < -0.39 is 10.0 Å². The van der Waals surface area contributed by atoms with E-state index in [0.29, 0.717) is 6.54 Å². The van der Waals surface area contributed by atoms with Gasteiger partial charge in [0, 0.05) is 19.8 Å². The average Bonchev–Trinajstić information content (AvgIpc) is 2.91. The fourth-order valence-electron chi connectivity index (χ4n) is 1.17. The molecule has 0 aromatic heterocycles. The molecule has 15 heavy (non-hydrogen) atoms. The largest absolute Gasteiger partial charge is 0.381 e. The molecule has 0 atom stereocenters. The number of sulfonamides is 1. The summed E-state index contributed by atoms with van der Waals surface area (Å²) in [7, 11) is -3.32. The highest BCUT2D eigenvalue weighted by Crippen LogP contribution is 2.28. The minimum absolute atomic E-state index is 0.00404. The highest BCUT2D eigenvalue weighted by Gasteiger charge is 2.20. The molecule has 1 fully saturated rings. The van der Waals surface area contributed by atoms with Crippen molar-refractivity contribution in [2.75, 3.05) is 32.1 Å². The zero-order valence-electron chi connectivity index (χ0n) is 8.94. The second-order valence-corrected chi connectivity index (χ2v) is 5.72. The van der Waals surface area contributed by atoms with Crippen molar-refractivity contribution >= 4 is 10.0 Å². The number of rotatable bonds is 9. The van der Waals surface area contributed by atoms with Crippen LogP contribution in [0.5, 0.6) is 0 Å². The van der Waals surface area contributed by atoms with Crippen LogP contribution >= 0.6 is 0 Å². The highest BCUT2D eigenvalue weighted by molar-refractivity contribution is 7.89. The fourth-order valence-corrected chi connectivity index (χ4v) is 1.60.